The van der Waals surface area contributed by atoms with Crippen molar-refractivity contribution in [2.24, 2.45) is 0 Å². The highest BCUT2D eigenvalue weighted by Gasteiger charge is 2.27. The average molecular weight is 257 g/mol. The highest BCUT2D eigenvalue weighted by Crippen LogP contribution is 2.32. The first-order chi connectivity index (χ1) is 7.97. The second kappa shape index (κ2) is 4.50. The maximum absolute atomic E-state index is 10.7. The number of nitro groups is 1. The van der Waals surface area contributed by atoms with Crippen LogP contribution in [0.4, 0.5) is 11.4 Å². The van der Waals surface area contributed by atoms with Crippen LogP contribution in [0.1, 0.15) is 18.4 Å². The first kappa shape index (κ1) is 12.1. The molecule has 0 spiro atoms. The number of benzene rings is 1. The van der Waals surface area contributed by atoms with Crippen LogP contribution in [0, 0.1) is 17.0 Å². The first-order valence-electron chi connectivity index (χ1n) is 5.36. The van der Waals surface area contributed by atoms with Gasteiger partial charge in [0.05, 0.1) is 11.0 Å². The Morgan fingerprint density at radius 3 is 2.71 bits per heavy atom. The molecule has 1 aromatic rings. The molecule has 1 aliphatic rings. The maximum atomic E-state index is 10.7. The second-order valence-electron chi connectivity index (χ2n) is 4.34. The molecule has 0 unspecified atom stereocenters. The Kier molecular flexibility index (Phi) is 3.22. The third kappa shape index (κ3) is 2.50. The molecule has 2 N–H and O–H groups in total. The summed E-state index contributed by atoms with van der Waals surface area (Å²) in [7, 11) is 0. The zero-order valence-corrected chi connectivity index (χ0v) is 10.1. The molecule has 0 heterocycles. The highest BCUT2D eigenvalue weighted by molar-refractivity contribution is 6.33. The molecule has 92 valence electrons. The van der Waals surface area contributed by atoms with Crippen molar-refractivity contribution in [2.45, 2.75) is 31.9 Å². The van der Waals surface area contributed by atoms with E-state index in [-0.39, 0.29) is 22.9 Å². The highest BCUT2D eigenvalue weighted by atomic mass is 35.5. The van der Waals surface area contributed by atoms with E-state index in [0.717, 1.165) is 11.3 Å². The Morgan fingerprint density at radius 2 is 2.18 bits per heavy atom. The SMILES string of the molecule is Cc1cc([N+](=O)[O-])c(Cl)cc1NC1CC(O)C1. The van der Waals surface area contributed by atoms with Gasteiger partial charge in [0.1, 0.15) is 5.02 Å². The van der Waals surface area contributed by atoms with Gasteiger partial charge in [0.25, 0.3) is 5.69 Å². The van der Waals surface area contributed by atoms with Crippen molar-refractivity contribution in [3.63, 3.8) is 0 Å². The number of hydrogen-bond acceptors (Lipinski definition) is 4. The molecule has 0 aromatic heterocycles. The van der Waals surface area contributed by atoms with Crippen LogP contribution in [0.25, 0.3) is 0 Å². The van der Waals surface area contributed by atoms with Crippen molar-refractivity contribution in [1.82, 2.24) is 0 Å². The summed E-state index contributed by atoms with van der Waals surface area (Å²) in [5.74, 6) is 0. The molecule has 2 rings (SSSR count). The van der Waals surface area contributed by atoms with Crippen LogP contribution >= 0.6 is 11.6 Å². The minimum atomic E-state index is -0.494. The molecular weight excluding hydrogens is 244 g/mol. The first-order valence-corrected chi connectivity index (χ1v) is 5.74. The van der Waals surface area contributed by atoms with E-state index >= 15 is 0 Å². The van der Waals surface area contributed by atoms with Gasteiger partial charge in [0.15, 0.2) is 0 Å². The fourth-order valence-electron chi connectivity index (χ4n) is 1.89. The Bertz CT molecular complexity index is 458. The third-order valence-electron chi connectivity index (χ3n) is 2.96. The van der Waals surface area contributed by atoms with Gasteiger partial charge in [-0.1, -0.05) is 11.6 Å². The zero-order chi connectivity index (χ0) is 12.6. The molecule has 17 heavy (non-hydrogen) atoms. The number of anilines is 1. The average Bonchev–Trinajstić information content (AvgIpc) is 2.20. The summed E-state index contributed by atoms with van der Waals surface area (Å²) in [4.78, 5) is 10.2. The summed E-state index contributed by atoms with van der Waals surface area (Å²) in [5, 5.41) is 23.2. The molecule has 6 heteroatoms. The molecule has 1 aromatic carbocycles. The van der Waals surface area contributed by atoms with Gasteiger partial charge >= 0.3 is 0 Å². The summed E-state index contributed by atoms with van der Waals surface area (Å²) in [5.41, 5.74) is 1.49. The van der Waals surface area contributed by atoms with E-state index in [4.69, 9.17) is 11.6 Å². The Balaban J connectivity index is 2.18. The summed E-state index contributed by atoms with van der Waals surface area (Å²) < 4.78 is 0. The molecule has 0 saturated heterocycles. The van der Waals surface area contributed by atoms with Gasteiger partial charge in [-0.3, -0.25) is 10.1 Å². The Morgan fingerprint density at radius 1 is 1.53 bits per heavy atom. The number of aliphatic hydroxyl groups excluding tert-OH is 1. The van der Waals surface area contributed by atoms with Crippen molar-refractivity contribution in [3.8, 4) is 0 Å². The zero-order valence-electron chi connectivity index (χ0n) is 9.31. The molecule has 5 nitrogen and oxygen atoms in total. The van der Waals surface area contributed by atoms with Crippen molar-refractivity contribution in [2.75, 3.05) is 5.32 Å². The van der Waals surface area contributed by atoms with Gasteiger partial charge in [-0.15, -0.1) is 0 Å². The van der Waals surface area contributed by atoms with Crippen LogP contribution in [0.2, 0.25) is 5.02 Å². The molecule has 0 aliphatic heterocycles. The van der Waals surface area contributed by atoms with Crippen LogP contribution in [0.5, 0.6) is 0 Å². The molecule has 0 atom stereocenters. The summed E-state index contributed by atoms with van der Waals surface area (Å²) >= 11 is 5.84. The lowest BCUT2D eigenvalue weighted by Gasteiger charge is -2.33. The lowest BCUT2D eigenvalue weighted by Crippen LogP contribution is -2.39. The predicted octanol–water partition coefficient (Wildman–Crippen LogP) is 2.49. The third-order valence-corrected chi connectivity index (χ3v) is 3.27. The largest absolute Gasteiger partial charge is 0.393 e. The van der Waals surface area contributed by atoms with E-state index in [9.17, 15) is 15.2 Å². The van der Waals surface area contributed by atoms with E-state index in [2.05, 4.69) is 5.32 Å². The van der Waals surface area contributed by atoms with Gasteiger partial charge in [-0.25, -0.2) is 0 Å². The van der Waals surface area contributed by atoms with Gasteiger partial charge in [0, 0.05) is 17.8 Å². The van der Waals surface area contributed by atoms with Crippen molar-refractivity contribution < 1.29 is 10.0 Å². The number of rotatable bonds is 3. The molecule has 0 amide bonds. The molecule has 0 radical (unpaired) electrons. The normalized spacial score (nSPS) is 23.0. The van der Waals surface area contributed by atoms with E-state index < -0.39 is 4.92 Å². The summed E-state index contributed by atoms with van der Waals surface area (Å²) in [6.07, 6.45) is 1.17. The van der Waals surface area contributed by atoms with E-state index in [1.807, 2.05) is 0 Å². The number of nitro benzene ring substituents is 1. The molecule has 1 saturated carbocycles. The van der Waals surface area contributed by atoms with Crippen molar-refractivity contribution in [1.29, 1.82) is 0 Å². The van der Waals surface area contributed by atoms with Gasteiger partial charge < -0.3 is 10.4 Å². The van der Waals surface area contributed by atoms with Gasteiger partial charge in [-0.05, 0) is 31.4 Å². The predicted molar refractivity (Wildman–Crippen MR) is 65.5 cm³/mol. The quantitative estimate of drug-likeness (QED) is 0.644. The van der Waals surface area contributed by atoms with Crippen LogP contribution in [0.15, 0.2) is 12.1 Å². The van der Waals surface area contributed by atoms with Crippen LogP contribution < -0.4 is 5.32 Å². The molecule has 1 aliphatic carbocycles. The van der Waals surface area contributed by atoms with E-state index in [0.29, 0.717) is 12.8 Å². The Hall–Kier alpha value is -1.33. The Labute approximate surface area is 104 Å². The van der Waals surface area contributed by atoms with E-state index in [1.54, 1.807) is 13.0 Å². The van der Waals surface area contributed by atoms with E-state index in [1.165, 1.54) is 6.07 Å². The van der Waals surface area contributed by atoms with Crippen LogP contribution in [-0.2, 0) is 0 Å². The van der Waals surface area contributed by atoms with Crippen LogP contribution in [0.3, 0.4) is 0 Å². The summed E-state index contributed by atoms with van der Waals surface area (Å²) in [6.45, 7) is 1.79. The summed E-state index contributed by atoms with van der Waals surface area (Å²) in [6, 6.07) is 3.25. The van der Waals surface area contributed by atoms with Crippen LogP contribution in [-0.4, -0.2) is 22.2 Å². The number of hydrogen-bond donors (Lipinski definition) is 2. The smallest absolute Gasteiger partial charge is 0.288 e. The fraction of sp³-hybridized carbons (Fsp3) is 0.455. The fourth-order valence-corrected chi connectivity index (χ4v) is 2.12. The standard InChI is InChI=1S/C11H13ClN2O3/c1-6-2-11(14(16)17)9(12)5-10(6)13-7-3-8(15)4-7/h2,5,7-8,13,15H,3-4H2,1H3. The maximum Gasteiger partial charge on any atom is 0.288 e. The van der Waals surface area contributed by atoms with Gasteiger partial charge in [0.2, 0.25) is 0 Å². The molecular formula is C11H13ClN2O3. The number of aryl methyl sites for hydroxylation is 1. The minimum absolute atomic E-state index is 0.0802. The minimum Gasteiger partial charge on any atom is -0.393 e. The lowest BCUT2D eigenvalue weighted by atomic mass is 9.89. The van der Waals surface area contributed by atoms with Crippen molar-refractivity contribution in [3.05, 3.63) is 32.8 Å². The number of aliphatic hydroxyl groups is 1. The monoisotopic (exact) mass is 256 g/mol. The number of halogens is 1. The van der Waals surface area contributed by atoms with Crippen molar-refractivity contribution >= 4 is 23.0 Å². The topological polar surface area (TPSA) is 75.4 Å². The lowest BCUT2D eigenvalue weighted by molar-refractivity contribution is -0.384. The second-order valence-corrected chi connectivity index (χ2v) is 4.75. The molecule has 0 bridgehead atoms. The van der Waals surface area contributed by atoms with Gasteiger partial charge in [-0.2, -0.15) is 0 Å². The number of nitrogens with one attached hydrogen (secondary N) is 1. The molecule has 1 fully saturated rings. The number of nitrogens with zero attached hydrogens (tertiary/aromatic N) is 1.